The summed E-state index contributed by atoms with van der Waals surface area (Å²) >= 11 is 0. The Labute approximate surface area is 216 Å². The van der Waals surface area contributed by atoms with Gasteiger partial charge in [-0.3, -0.25) is 0 Å². The van der Waals surface area contributed by atoms with Gasteiger partial charge in [0.1, 0.15) is 11.5 Å². The Hall–Kier alpha value is -2.82. The van der Waals surface area contributed by atoms with Crippen molar-refractivity contribution in [2.45, 2.75) is 84.2 Å². The van der Waals surface area contributed by atoms with Crippen molar-refractivity contribution in [1.29, 1.82) is 0 Å². The number of carbonyl (C=O) groups excluding carboxylic acids is 1. The standard InChI is InChI=1S/C31H43FO4/c1-4-25(3)30(32)31(33)36-29-21-17-27(18-22-29)26-15-19-28(20-16-26)35-24-14-12-10-8-6-7-9-11-13-23-34-5-2/h5,15-22,25,30H,2,4,6-14,23-24H2,1,3H3/t25-,30-/m0/s1. The van der Waals surface area contributed by atoms with E-state index in [1.165, 1.54) is 51.2 Å². The summed E-state index contributed by atoms with van der Waals surface area (Å²) in [4.78, 5) is 11.9. The monoisotopic (exact) mass is 498 g/mol. The van der Waals surface area contributed by atoms with Crippen LogP contribution in [0, 0.1) is 5.92 Å². The molecule has 0 N–H and O–H groups in total. The van der Waals surface area contributed by atoms with Crippen molar-refractivity contribution >= 4 is 5.97 Å². The molecule has 2 aromatic carbocycles. The van der Waals surface area contributed by atoms with Crippen LogP contribution in [0.5, 0.6) is 11.5 Å². The average Bonchev–Trinajstić information content (AvgIpc) is 2.91. The summed E-state index contributed by atoms with van der Waals surface area (Å²) in [5.41, 5.74) is 2.03. The van der Waals surface area contributed by atoms with Crippen LogP contribution in [0.3, 0.4) is 0 Å². The van der Waals surface area contributed by atoms with E-state index in [4.69, 9.17) is 14.2 Å². The van der Waals surface area contributed by atoms with Gasteiger partial charge in [0.15, 0.2) is 6.17 Å². The van der Waals surface area contributed by atoms with E-state index in [1.807, 2.05) is 43.3 Å². The molecule has 0 saturated heterocycles. The minimum Gasteiger partial charge on any atom is -0.502 e. The maximum atomic E-state index is 14.0. The Balaban J connectivity index is 1.61. The predicted octanol–water partition coefficient (Wildman–Crippen LogP) is 8.69. The van der Waals surface area contributed by atoms with E-state index < -0.39 is 12.1 Å². The fraction of sp³-hybridized carbons (Fsp3) is 0.516. The van der Waals surface area contributed by atoms with Crippen molar-refractivity contribution in [3.63, 3.8) is 0 Å². The van der Waals surface area contributed by atoms with Crippen molar-refractivity contribution in [3.05, 3.63) is 61.4 Å². The Bertz CT molecular complexity index is 863. The molecule has 0 radical (unpaired) electrons. The third-order valence-electron chi connectivity index (χ3n) is 6.42. The molecule has 0 aromatic heterocycles. The normalized spacial score (nSPS) is 12.5. The molecular formula is C31H43FO4. The molecule has 36 heavy (non-hydrogen) atoms. The first kappa shape index (κ1) is 29.4. The summed E-state index contributed by atoms with van der Waals surface area (Å²) in [6.07, 6.45) is 11.6. The van der Waals surface area contributed by atoms with Crippen molar-refractivity contribution < 1.29 is 23.4 Å². The zero-order chi connectivity index (χ0) is 26.0. The molecule has 0 unspecified atom stereocenters. The number of hydrogen-bond donors (Lipinski definition) is 0. The van der Waals surface area contributed by atoms with Crippen LogP contribution in [0.4, 0.5) is 4.39 Å². The highest BCUT2D eigenvalue weighted by atomic mass is 19.1. The SMILES string of the molecule is C=COCCCCCCCCCCCOc1ccc(-c2ccc(OC(=O)[C@@H](F)[C@@H](C)CC)cc2)cc1. The van der Waals surface area contributed by atoms with Crippen LogP contribution in [0.25, 0.3) is 11.1 Å². The van der Waals surface area contributed by atoms with Gasteiger partial charge in [-0.25, -0.2) is 9.18 Å². The summed E-state index contributed by atoms with van der Waals surface area (Å²) in [7, 11) is 0. The summed E-state index contributed by atoms with van der Waals surface area (Å²) in [6.45, 7) is 8.63. The van der Waals surface area contributed by atoms with Gasteiger partial charge in [-0.05, 0) is 54.2 Å². The lowest BCUT2D eigenvalue weighted by Crippen LogP contribution is -2.27. The summed E-state index contributed by atoms with van der Waals surface area (Å²) in [6, 6.07) is 15.1. The second kappa shape index (κ2) is 17.6. The van der Waals surface area contributed by atoms with Gasteiger partial charge >= 0.3 is 5.97 Å². The van der Waals surface area contributed by atoms with Gasteiger partial charge in [0.2, 0.25) is 0 Å². The predicted molar refractivity (Wildman–Crippen MR) is 145 cm³/mol. The lowest BCUT2D eigenvalue weighted by Gasteiger charge is -2.13. The van der Waals surface area contributed by atoms with Crippen LogP contribution in [0.15, 0.2) is 61.4 Å². The van der Waals surface area contributed by atoms with Gasteiger partial charge in [0, 0.05) is 0 Å². The molecule has 2 aromatic rings. The number of carbonyl (C=O) groups is 1. The Morgan fingerprint density at radius 3 is 1.78 bits per heavy atom. The molecular weight excluding hydrogens is 455 g/mol. The van der Waals surface area contributed by atoms with Crippen LogP contribution in [-0.4, -0.2) is 25.4 Å². The maximum Gasteiger partial charge on any atom is 0.346 e. The summed E-state index contributed by atoms with van der Waals surface area (Å²) < 4.78 is 30.2. The van der Waals surface area contributed by atoms with Gasteiger partial charge < -0.3 is 14.2 Å². The fourth-order valence-electron chi connectivity index (χ4n) is 3.87. The molecule has 4 nitrogen and oxygen atoms in total. The largest absolute Gasteiger partial charge is 0.502 e. The smallest absolute Gasteiger partial charge is 0.346 e. The van der Waals surface area contributed by atoms with E-state index in [9.17, 15) is 9.18 Å². The van der Waals surface area contributed by atoms with E-state index in [1.54, 1.807) is 19.1 Å². The van der Waals surface area contributed by atoms with Gasteiger partial charge in [-0.1, -0.05) is 96.1 Å². The number of alkyl halides is 1. The van der Waals surface area contributed by atoms with E-state index in [-0.39, 0.29) is 5.92 Å². The lowest BCUT2D eigenvalue weighted by molar-refractivity contribution is -0.141. The zero-order valence-corrected chi connectivity index (χ0v) is 22.1. The molecule has 0 aliphatic carbocycles. The second-order valence-corrected chi connectivity index (χ2v) is 9.33. The molecule has 0 saturated carbocycles. The highest BCUT2D eigenvalue weighted by Crippen LogP contribution is 2.25. The Morgan fingerprint density at radius 1 is 0.806 bits per heavy atom. The number of benzene rings is 2. The quantitative estimate of drug-likeness (QED) is 0.0841. The average molecular weight is 499 g/mol. The number of ether oxygens (including phenoxy) is 3. The van der Waals surface area contributed by atoms with Crippen molar-refractivity contribution in [1.82, 2.24) is 0 Å². The molecule has 0 amide bonds. The van der Waals surface area contributed by atoms with E-state index in [0.717, 1.165) is 42.9 Å². The molecule has 0 aliphatic heterocycles. The Kier molecular flexibility index (Phi) is 14.4. The van der Waals surface area contributed by atoms with Crippen LogP contribution < -0.4 is 9.47 Å². The first-order valence-corrected chi connectivity index (χ1v) is 13.5. The topological polar surface area (TPSA) is 44.8 Å². The van der Waals surface area contributed by atoms with Gasteiger partial charge in [0.05, 0.1) is 19.5 Å². The fourth-order valence-corrected chi connectivity index (χ4v) is 3.87. The molecule has 198 valence electrons. The molecule has 0 spiro atoms. The first-order valence-electron chi connectivity index (χ1n) is 13.5. The highest BCUT2D eigenvalue weighted by Gasteiger charge is 2.25. The van der Waals surface area contributed by atoms with Crippen LogP contribution >= 0.6 is 0 Å². The minimum atomic E-state index is -1.61. The number of esters is 1. The molecule has 5 heteroatoms. The number of unbranched alkanes of at least 4 members (excludes halogenated alkanes) is 8. The van der Waals surface area contributed by atoms with E-state index >= 15 is 0 Å². The Morgan fingerprint density at radius 2 is 1.28 bits per heavy atom. The molecule has 0 heterocycles. The van der Waals surface area contributed by atoms with Crippen LogP contribution in [0.1, 0.15) is 78.1 Å². The molecule has 2 rings (SSSR count). The van der Waals surface area contributed by atoms with Crippen LogP contribution in [-0.2, 0) is 9.53 Å². The van der Waals surface area contributed by atoms with Gasteiger partial charge in [0.25, 0.3) is 0 Å². The first-order chi connectivity index (χ1) is 17.5. The van der Waals surface area contributed by atoms with Gasteiger partial charge in [-0.15, -0.1) is 0 Å². The van der Waals surface area contributed by atoms with Crippen LogP contribution in [0.2, 0.25) is 0 Å². The third kappa shape index (κ3) is 11.3. The number of rotatable bonds is 19. The van der Waals surface area contributed by atoms with E-state index in [2.05, 4.69) is 6.58 Å². The van der Waals surface area contributed by atoms with Gasteiger partial charge in [-0.2, -0.15) is 0 Å². The summed E-state index contributed by atoms with van der Waals surface area (Å²) in [5, 5.41) is 0. The van der Waals surface area contributed by atoms with Crippen molar-refractivity contribution in [2.75, 3.05) is 13.2 Å². The lowest BCUT2D eigenvalue weighted by atomic mass is 10.0. The maximum absolute atomic E-state index is 14.0. The van der Waals surface area contributed by atoms with E-state index in [0.29, 0.717) is 12.2 Å². The van der Waals surface area contributed by atoms with Crippen molar-refractivity contribution in [2.24, 2.45) is 5.92 Å². The number of hydrogen-bond acceptors (Lipinski definition) is 4. The third-order valence-corrected chi connectivity index (χ3v) is 6.42. The second-order valence-electron chi connectivity index (χ2n) is 9.33. The van der Waals surface area contributed by atoms with Crippen molar-refractivity contribution in [3.8, 4) is 22.6 Å². The highest BCUT2D eigenvalue weighted by molar-refractivity contribution is 5.77. The number of halogens is 1. The molecule has 0 bridgehead atoms. The summed E-state index contributed by atoms with van der Waals surface area (Å²) in [5.74, 6) is 0.0271. The molecule has 0 aliphatic rings. The molecule has 2 atom stereocenters. The molecule has 0 fully saturated rings. The zero-order valence-electron chi connectivity index (χ0n) is 22.1. The minimum absolute atomic E-state index is 0.351.